The summed E-state index contributed by atoms with van der Waals surface area (Å²) in [5, 5.41) is 4.47. The van der Waals surface area contributed by atoms with E-state index in [9.17, 15) is 4.79 Å². The van der Waals surface area contributed by atoms with Gasteiger partial charge in [0.05, 0.1) is 6.20 Å². The molecular weight excluding hydrogens is 360 g/mol. The van der Waals surface area contributed by atoms with Crippen molar-refractivity contribution in [3.8, 4) is 0 Å². The van der Waals surface area contributed by atoms with Crippen molar-refractivity contribution < 1.29 is 4.79 Å². The van der Waals surface area contributed by atoms with E-state index in [1.54, 1.807) is 6.92 Å². The number of hydrogen-bond donors (Lipinski definition) is 0. The van der Waals surface area contributed by atoms with E-state index in [0.717, 1.165) is 32.4 Å². The van der Waals surface area contributed by atoms with Crippen LogP contribution in [0.3, 0.4) is 0 Å². The predicted molar refractivity (Wildman–Crippen MR) is 115 cm³/mol. The van der Waals surface area contributed by atoms with E-state index in [4.69, 9.17) is 0 Å². The van der Waals surface area contributed by atoms with Gasteiger partial charge in [0, 0.05) is 56.4 Å². The molecule has 2 aliphatic heterocycles. The third-order valence-corrected chi connectivity index (χ3v) is 7.06. The lowest BCUT2D eigenvalue weighted by Gasteiger charge is -2.37. The summed E-state index contributed by atoms with van der Waals surface area (Å²) in [5.74, 6) is 0.236. The number of rotatable bonds is 4. The second-order valence-corrected chi connectivity index (χ2v) is 8.83. The molecule has 0 unspecified atom stereocenters. The third-order valence-electron chi connectivity index (χ3n) is 7.06. The molecule has 0 aliphatic carbocycles. The molecule has 5 nitrogen and oxygen atoms in total. The van der Waals surface area contributed by atoms with Crippen molar-refractivity contribution in [3.63, 3.8) is 0 Å². The Hall–Kier alpha value is -2.14. The fraction of sp³-hybridized carbons (Fsp3) is 0.583. The average Bonchev–Trinajstić information content (AvgIpc) is 3.17. The standard InChI is InChI=1S/C24H34N4O/c1-18-21(16-25-26(18)3)17-28-22(14-20-10-6-4-7-11-20)15-24-23(28)12-8-5-9-13-27(24)19(2)29/h4,6-7,10-11,16,22-24H,5,8-9,12-15,17H2,1-3H3/t22-,23-,24+/m1/s1. The predicted octanol–water partition coefficient (Wildman–Crippen LogP) is 3.71. The SMILES string of the molecule is CC(=O)N1CCCCC[C@@H]2[C@@H]1C[C@@H](Cc1ccccc1)N2Cc1cnn(C)c1C. The van der Waals surface area contributed by atoms with Crippen molar-refractivity contribution in [2.45, 2.75) is 77.0 Å². The van der Waals surface area contributed by atoms with Gasteiger partial charge in [-0.05, 0) is 38.2 Å². The van der Waals surface area contributed by atoms with Gasteiger partial charge in [-0.15, -0.1) is 0 Å². The molecule has 2 aromatic rings. The molecule has 1 aromatic carbocycles. The van der Waals surface area contributed by atoms with Crippen LogP contribution in [0.4, 0.5) is 0 Å². The second kappa shape index (κ2) is 8.70. The van der Waals surface area contributed by atoms with Crippen LogP contribution >= 0.6 is 0 Å². The summed E-state index contributed by atoms with van der Waals surface area (Å²) in [6.45, 7) is 5.74. The maximum Gasteiger partial charge on any atom is 0.219 e. The molecule has 0 radical (unpaired) electrons. The monoisotopic (exact) mass is 394 g/mol. The van der Waals surface area contributed by atoms with E-state index in [0.29, 0.717) is 18.1 Å². The van der Waals surface area contributed by atoms with Gasteiger partial charge >= 0.3 is 0 Å². The van der Waals surface area contributed by atoms with E-state index < -0.39 is 0 Å². The number of hydrogen-bond acceptors (Lipinski definition) is 3. The van der Waals surface area contributed by atoms with Crippen LogP contribution in [-0.4, -0.2) is 50.2 Å². The number of aryl methyl sites for hydroxylation is 1. The number of aromatic nitrogens is 2. The molecule has 1 amide bonds. The number of amides is 1. The largest absolute Gasteiger partial charge is 0.338 e. The van der Waals surface area contributed by atoms with Crippen LogP contribution in [0.15, 0.2) is 36.5 Å². The molecule has 3 atom stereocenters. The Balaban J connectivity index is 1.65. The Morgan fingerprint density at radius 1 is 1.14 bits per heavy atom. The van der Waals surface area contributed by atoms with Crippen molar-refractivity contribution >= 4 is 5.91 Å². The smallest absolute Gasteiger partial charge is 0.219 e. The molecule has 2 saturated heterocycles. The van der Waals surface area contributed by atoms with Crippen LogP contribution in [-0.2, 0) is 24.8 Å². The Kier molecular flexibility index (Phi) is 6.04. The first kappa shape index (κ1) is 20.1. The molecule has 4 rings (SSSR count). The highest BCUT2D eigenvalue weighted by Gasteiger charge is 2.44. The number of carbonyl (C=O) groups excluding carboxylic acids is 1. The zero-order chi connectivity index (χ0) is 20.4. The topological polar surface area (TPSA) is 41.4 Å². The van der Waals surface area contributed by atoms with Crippen molar-refractivity contribution in [2.75, 3.05) is 6.54 Å². The van der Waals surface area contributed by atoms with Gasteiger partial charge in [0.1, 0.15) is 0 Å². The summed E-state index contributed by atoms with van der Waals surface area (Å²) in [6, 6.07) is 12.0. The molecule has 5 heteroatoms. The fourth-order valence-electron chi connectivity index (χ4n) is 5.35. The molecule has 0 bridgehead atoms. The summed E-state index contributed by atoms with van der Waals surface area (Å²) < 4.78 is 1.97. The first-order valence-corrected chi connectivity index (χ1v) is 11.1. The zero-order valence-electron chi connectivity index (χ0n) is 18.1. The maximum atomic E-state index is 12.5. The van der Waals surface area contributed by atoms with E-state index in [1.165, 1.54) is 36.1 Å². The normalized spacial score (nSPS) is 25.5. The Labute approximate surface area is 174 Å². The van der Waals surface area contributed by atoms with Crippen molar-refractivity contribution in [3.05, 3.63) is 53.3 Å². The van der Waals surface area contributed by atoms with Gasteiger partial charge in [0.25, 0.3) is 0 Å². The first-order chi connectivity index (χ1) is 14.0. The fourth-order valence-corrected chi connectivity index (χ4v) is 5.35. The van der Waals surface area contributed by atoms with Gasteiger partial charge < -0.3 is 4.90 Å². The van der Waals surface area contributed by atoms with E-state index >= 15 is 0 Å². The summed E-state index contributed by atoms with van der Waals surface area (Å²) in [6.07, 6.45) is 8.92. The summed E-state index contributed by atoms with van der Waals surface area (Å²) in [4.78, 5) is 17.4. The molecule has 0 spiro atoms. The van der Waals surface area contributed by atoms with Crippen LogP contribution in [0.2, 0.25) is 0 Å². The lowest BCUT2D eigenvalue weighted by molar-refractivity contribution is -0.132. The van der Waals surface area contributed by atoms with Crippen molar-refractivity contribution in [1.29, 1.82) is 0 Å². The minimum atomic E-state index is 0.236. The quantitative estimate of drug-likeness (QED) is 0.794. The first-order valence-electron chi connectivity index (χ1n) is 11.1. The second-order valence-electron chi connectivity index (χ2n) is 8.83. The van der Waals surface area contributed by atoms with Crippen LogP contribution in [0.5, 0.6) is 0 Å². The molecular formula is C24H34N4O. The number of carbonyl (C=O) groups is 1. The average molecular weight is 395 g/mol. The van der Waals surface area contributed by atoms with Crippen LogP contribution in [0, 0.1) is 6.92 Å². The van der Waals surface area contributed by atoms with Crippen LogP contribution < -0.4 is 0 Å². The van der Waals surface area contributed by atoms with E-state index in [1.807, 2.05) is 17.9 Å². The van der Waals surface area contributed by atoms with E-state index in [2.05, 4.69) is 52.2 Å². The van der Waals surface area contributed by atoms with Gasteiger partial charge in [-0.3, -0.25) is 14.4 Å². The molecule has 3 heterocycles. The number of likely N-dealkylation sites (tertiary alicyclic amines) is 2. The van der Waals surface area contributed by atoms with Gasteiger partial charge in [0.2, 0.25) is 5.91 Å². The highest BCUT2D eigenvalue weighted by Crippen LogP contribution is 2.36. The lowest BCUT2D eigenvalue weighted by Crippen LogP contribution is -2.48. The highest BCUT2D eigenvalue weighted by atomic mass is 16.2. The Bertz CT molecular complexity index is 831. The van der Waals surface area contributed by atoms with Gasteiger partial charge in [-0.1, -0.05) is 43.2 Å². The van der Waals surface area contributed by atoms with Crippen LogP contribution in [0.1, 0.15) is 55.8 Å². The molecule has 156 valence electrons. The van der Waals surface area contributed by atoms with Crippen molar-refractivity contribution in [1.82, 2.24) is 19.6 Å². The lowest BCUT2D eigenvalue weighted by atomic mass is 9.96. The summed E-state index contributed by atoms with van der Waals surface area (Å²) in [7, 11) is 2.01. The Morgan fingerprint density at radius 2 is 1.93 bits per heavy atom. The molecule has 2 fully saturated rings. The van der Waals surface area contributed by atoms with Gasteiger partial charge in [-0.25, -0.2) is 0 Å². The zero-order valence-corrected chi connectivity index (χ0v) is 18.1. The number of nitrogens with zero attached hydrogens (tertiary/aromatic N) is 4. The van der Waals surface area contributed by atoms with Crippen LogP contribution in [0.25, 0.3) is 0 Å². The summed E-state index contributed by atoms with van der Waals surface area (Å²) in [5.41, 5.74) is 3.93. The highest BCUT2D eigenvalue weighted by molar-refractivity contribution is 5.73. The molecule has 29 heavy (non-hydrogen) atoms. The van der Waals surface area contributed by atoms with Gasteiger partial charge in [-0.2, -0.15) is 5.10 Å². The molecule has 2 aliphatic rings. The summed E-state index contributed by atoms with van der Waals surface area (Å²) >= 11 is 0. The minimum Gasteiger partial charge on any atom is -0.338 e. The Morgan fingerprint density at radius 3 is 2.62 bits per heavy atom. The van der Waals surface area contributed by atoms with Gasteiger partial charge in [0.15, 0.2) is 0 Å². The van der Waals surface area contributed by atoms with Crippen molar-refractivity contribution in [2.24, 2.45) is 7.05 Å². The third kappa shape index (κ3) is 4.25. The minimum absolute atomic E-state index is 0.236. The number of fused-ring (bicyclic) bond motifs is 1. The molecule has 0 N–H and O–H groups in total. The number of benzene rings is 1. The molecule has 1 aromatic heterocycles. The molecule has 0 saturated carbocycles. The van der Waals surface area contributed by atoms with E-state index in [-0.39, 0.29) is 5.91 Å². The maximum absolute atomic E-state index is 12.5.